The summed E-state index contributed by atoms with van der Waals surface area (Å²) < 4.78 is 0. The van der Waals surface area contributed by atoms with E-state index < -0.39 is 0 Å². The van der Waals surface area contributed by atoms with Crippen LogP contribution in [0.1, 0.15) is 59.3 Å². The summed E-state index contributed by atoms with van der Waals surface area (Å²) in [6, 6.07) is 0.567. The quantitative estimate of drug-likeness (QED) is 0.720. The molecule has 0 bridgehead atoms. The molecule has 1 amide bonds. The van der Waals surface area contributed by atoms with Crippen molar-refractivity contribution in [2.45, 2.75) is 65.3 Å². The summed E-state index contributed by atoms with van der Waals surface area (Å²) in [6.07, 6.45) is 7.20. The molecule has 0 heterocycles. The molecule has 0 saturated heterocycles. The van der Waals surface area contributed by atoms with Gasteiger partial charge in [0.25, 0.3) is 0 Å². The minimum Gasteiger partial charge on any atom is -0.343 e. The van der Waals surface area contributed by atoms with Crippen LogP contribution in [0.3, 0.4) is 0 Å². The van der Waals surface area contributed by atoms with Crippen LogP contribution in [0.5, 0.6) is 0 Å². The van der Waals surface area contributed by atoms with Crippen molar-refractivity contribution in [3.63, 3.8) is 0 Å². The van der Waals surface area contributed by atoms with Crippen molar-refractivity contribution in [2.75, 3.05) is 7.05 Å². The molecule has 2 fully saturated rings. The maximum atomic E-state index is 12.4. The summed E-state index contributed by atoms with van der Waals surface area (Å²) in [5, 5.41) is 0. The van der Waals surface area contributed by atoms with Gasteiger partial charge in [0, 0.05) is 19.0 Å². The molecule has 0 spiro atoms. The maximum absolute atomic E-state index is 12.4. The second-order valence-corrected chi connectivity index (χ2v) is 7.11. The van der Waals surface area contributed by atoms with E-state index in [1.807, 2.05) is 11.9 Å². The Hall–Kier alpha value is -0.530. The number of rotatable bonds is 2. The van der Waals surface area contributed by atoms with Gasteiger partial charge in [-0.2, -0.15) is 0 Å². The van der Waals surface area contributed by atoms with E-state index in [2.05, 4.69) is 20.8 Å². The Bertz CT molecular complexity index is 288. The molecular weight excluding hydrogens is 210 g/mol. The molecule has 2 unspecified atom stereocenters. The molecule has 17 heavy (non-hydrogen) atoms. The molecule has 0 N–H and O–H groups in total. The molecule has 2 aliphatic rings. The average Bonchev–Trinajstić information content (AvgIpc) is 3.10. The predicted octanol–water partition coefficient (Wildman–Crippen LogP) is 3.46. The number of carbonyl (C=O) groups is 1. The van der Waals surface area contributed by atoms with Crippen LogP contribution >= 0.6 is 0 Å². The van der Waals surface area contributed by atoms with Crippen molar-refractivity contribution in [1.82, 2.24) is 4.90 Å². The predicted molar refractivity (Wildman–Crippen MR) is 70.7 cm³/mol. The normalized spacial score (nSPS) is 30.1. The van der Waals surface area contributed by atoms with E-state index in [4.69, 9.17) is 0 Å². The minimum absolute atomic E-state index is 0.304. The third kappa shape index (κ3) is 3.02. The second kappa shape index (κ2) is 4.62. The fourth-order valence-corrected chi connectivity index (χ4v) is 3.13. The molecule has 0 aromatic heterocycles. The van der Waals surface area contributed by atoms with Gasteiger partial charge in [0.1, 0.15) is 0 Å². The van der Waals surface area contributed by atoms with Gasteiger partial charge in [-0.1, -0.05) is 27.2 Å². The van der Waals surface area contributed by atoms with E-state index in [-0.39, 0.29) is 0 Å². The Kier molecular flexibility index (Phi) is 3.51. The first kappa shape index (κ1) is 12.9. The molecule has 2 saturated carbocycles. The summed E-state index contributed by atoms with van der Waals surface area (Å²) >= 11 is 0. The van der Waals surface area contributed by atoms with Gasteiger partial charge in [-0.3, -0.25) is 4.79 Å². The van der Waals surface area contributed by atoms with Gasteiger partial charge in [-0.05, 0) is 43.4 Å². The minimum atomic E-state index is 0.304. The van der Waals surface area contributed by atoms with Crippen LogP contribution < -0.4 is 0 Å². The van der Waals surface area contributed by atoms with Crippen molar-refractivity contribution in [2.24, 2.45) is 17.3 Å². The lowest BCUT2D eigenvalue weighted by atomic mass is 9.69. The highest BCUT2D eigenvalue weighted by atomic mass is 16.2. The Labute approximate surface area is 106 Å². The number of hydrogen-bond donors (Lipinski definition) is 0. The first-order chi connectivity index (χ1) is 7.89. The van der Waals surface area contributed by atoms with E-state index in [0.717, 1.165) is 18.8 Å². The summed E-state index contributed by atoms with van der Waals surface area (Å²) in [7, 11) is 2.00. The molecule has 2 nitrogen and oxygen atoms in total. The number of hydrogen-bond acceptors (Lipinski definition) is 1. The largest absolute Gasteiger partial charge is 0.343 e. The molecule has 2 atom stereocenters. The summed E-state index contributed by atoms with van der Waals surface area (Å²) in [6.45, 7) is 6.94. The molecule has 98 valence electrons. The molecule has 0 aromatic rings. The maximum Gasteiger partial charge on any atom is 0.225 e. The van der Waals surface area contributed by atoms with Crippen LogP contribution in [-0.4, -0.2) is 23.9 Å². The first-order valence-electron chi connectivity index (χ1n) is 7.16. The zero-order chi connectivity index (χ0) is 12.6. The third-order valence-electron chi connectivity index (χ3n) is 4.69. The van der Waals surface area contributed by atoms with Gasteiger partial charge in [-0.25, -0.2) is 0 Å². The zero-order valence-electron chi connectivity index (χ0n) is 11.8. The molecule has 0 aromatic carbocycles. The van der Waals surface area contributed by atoms with Crippen LogP contribution in [-0.2, 0) is 4.79 Å². The van der Waals surface area contributed by atoms with Gasteiger partial charge in [0.05, 0.1) is 0 Å². The fraction of sp³-hybridized carbons (Fsp3) is 0.933. The van der Waals surface area contributed by atoms with Crippen molar-refractivity contribution >= 4 is 5.91 Å². The molecule has 0 radical (unpaired) electrons. The zero-order valence-corrected chi connectivity index (χ0v) is 11.8. The number of nitrogens with zero attached hydrogens (tertiary/aromatic N) is 1. The van der Waals surface area contributed by atoms with E-state index in [0.29, 0.717) is 23.3 Å². The van der Waals surface area contributed by atoms with Crippen LogP contribution in [0.4, 0.5) is 0 Å². The highest BCUT2D eigenvalue weighted by Crippen LogP contribution is 2.41. The van der Waals surface area contributed by atoms with E-state index >= 15 is 0 Å². The third-order valence-corrected chi connectivity index (χ3v) is 4.69. The van der Waals surface area contributed by atoms with Gasteiger partial charge >= 0.3 is 0 Å². The lowest BCUT2D eigenvalue weighted by Gasteiger charge is -2.38. The topological polar surface area (TPSA) is 20.3 Å². The summed E-state index contributed by atoms with van der Waals surface area (Å²) in [5.74, 6) is 1.44. The van der Waals surface area contributed by atoms with Gasteiger partial charge in [0.2, 0.25) is 5.91 Å². The molecular formula is C15H27NO. The fourth-order valence-electron chi connectivity index (χ4n) is 3.13. The van der Waals surface area contributed by atoms with Crippen LogP contribution in [0.25, 0.3) is 0 Å². The summed E-state index contributed by atoms with van der Waals surface area (Å²) in [5.41, 5.74) is 0.358. The lowest BCUT2D eigenvalue weighted by molar-refractivity contribution is -0.136. The van der Waals surface area contributed by atoms with Crippen LogP contribution in [0, 0.1) is 17.3 Å². The second-order valence-electron chi connectivity index (χ2n) is 7.11. The number of amides is 1. The Morgan fingerprint density at radius 2 is 1.76 bits per heavy atom. The first-order valence-corrected chi connectivity index (χ1v) is 7.16. The van der Waals surface area contributed by atoms with Crippen LogP contribution in [0.2, 0.25) is 0 Å². The van der Waals surface area contributed by atoms with Gasteiger partial charge in [-0.15, -0.1) is 0 Å². The van der Waals surface area contributed by atoms with Gasteiger partial charge < -0.3 is 4.90 Å². The van der Waals surface area contributed by atoms with Crippen molar-refractivity contribution in [3.8, 4) is 0 Å². The Morgan fingerprint density at radius 1 is 1.12 bits per heavy atom. The number of carbonyl (C=O) groups excluding carboxylic acids is 1. The van der Waals surface area contributed by atoms with E-state index in [1.165, 1.54) is 25.7 Å². The average molecular weight is 237 g/mol. The van der Waals surface area contributed by atoms with Crippen molar-refractivity contribution < 1.29 is 4.79 Å². The Morgan fingerprint density at radius 3 is 2.29 bits per heavy atom. The van der Waals surface area contributed by atoms with Crippen molar-refractivity contribution in [1.29, 1.82) is 0 Å². The molecule has 2 aliphatic carbocycles. The molecule has 2 heteroatoms. The van der Waals surface area contributed by atoms with Crippen LogP contribution in [0.15, 0.2) is 0 Å². The molecule has 2 rings (SSSR count). The lowest BCUT2D eigenvalue weighted by Crippen LogP contribution is -2.38. The van der Waals surface area contributed by atoms with E-state index in [1.54, 1.807) is 0 Å². The Balaban J connectivity index is 1.94. The summed E-state index contributed by atoms with van der Waals surface area (Å²) in [4.78, 5) is 14.4. The smallest absolute Gasteiger partial charge is 0.225 e. The standard InChI is InChI=1S/C15H27NO/c1-15(2,3)12-7-5-6-11(10-12)14(17)16(4)13-8-9-13/h11-13H,5-10H2,1-4H3. The van der Waals surface area contributed by atoms with Gasteiger partial charge in [0.15, 0.2) is 0 Å². The SMILES string of the molecule is CN(C(=O)C1CCCC(C(C)(C)C)C1)C1CC1. The highest BCUT2D eigenvalue weighted by molar-refractivity contribution is 5.79. The highest BCUT2D eigenvalue weighted by Gasteiger charge is 2.37. The monoisotopic (exact) mass is 237 g/mol. The molecule has 0 aliphatic heterocycles. The van der Waals surface area contributed by atoms with E-state index in [9.17, 15) is 4.79 Å². The van der Waals surface area contributed by atoms with Crippen molar-refractivity contribution in [3.05, 3.63) is 0 Å².